The first-order chi connectivity index (χ1) is 8.16. The number of hydrogen-bond donors (Lipinski definition) is 0. The Morgan fingerprint density at radius 1 is 1.41 bits per heavy atom. The molecule has 1 heterocycles. The molecule has 0 fully saturated rings. The highest BCUT2D eigenvalue weighted by Gasteiger charge is 2.37. The fraction of sp³-hybridized carbons (Fsp3) is 0.700. The van der Waals surface area contributed by atoms with Crippen molar-refractivity contribution in [3.05, 3.63) is 11.6 Å². The van der Waals surface area contributed by atoms with Crippen LogP contribution in [0.25, 0.3) is 0 Å². The van der Waals surface area contributed by atoms with E-state index in [0.29, 0.717) is 24.6 Å². The molecule has 0 amide bonds. The van der Waals surface area contributed by atoms with Gasteiger partial charge in [-0.2, -0.15) is 0 Å². The molecule has 98 valence electrons. The zero-order valence-electron chi connectivity index (χ0n) is 10.3. The minimum Gasteiger partial charge on any atom is -0.395 e. The maximum absolute atomic E-state index is 12.6. The van der Waals surface area contributed by atoms with Gasteiger partial charge in [0.15, 0.2) is 0 Å². The minimum atomic E-state index is -3.31. The SMILES string of the molecule is CCOOP(=O)(Oc1nccs1)C(CC)CC. The topological polar surface area (TPSA) is 57.7 Å². The molecule has 0 saturated heterocycles. The first kappa shape index (κ1) is 14.6. The molecule has 0 aromatic carbocycles. The number of nitrogens with zero attached hydrogens (tertiary/aromatic N) is 1. The van der Waals surface area contributed by atoms with E-state index in [9.17, 15) is 4.57 Å². The second kappa shape index (κ2) is 7.11. The summed E-state index contributed by atoms with van der Waals surface area (Å²) >= 11 is 1.28. The first-order valence-electron chi connectivity index (χ1n) is 5.66. The lowest BCUT2D eigenvalue weighted by Gasteiger charge is -2.22. The van der Waals surface area contributed by atoms with E-state index in [1.807, 2.05) is 13.8 Å². The van der Waals surface area contributed by atoms with E-state index in [-0.39, 0.29) is 5.66 Å². The van der Waals surface area contributed by atoms with E-state index in [4.69, 9.17) is 14.1 Å². The van der Waals surface area contributed by atoms with Gasteiger partial charge in [-0.1, -0.05) is 25.2 Å². The Morgan fingerprint density at radius 2 is 2.12 bits per heavy atom. The molecule has 17 heavy (non-hydrogen) atoms. The van der Waals surface area contributed by atoms with Crippen LogP contribution in [-0.2, 0) is 14.1 Å². The van der Waals surface area contributed by atoms with Gasteiger partial charge in [-0.05, 0) is 19.8 Å². The van der Waals surface area contributed by atoms with Crippen molar-refractivity contribution < 1.29 is 18.7 Å². The third-order valence-corrected chi connectivity index (χ3v) is 5.42. The van der Waals surface area contributed by atoms with Crippen molar-refractivity contribution >= 4 is 18.9 Å². The number of hydrogen-bond acceptors (Lipinski definition) is 6. The van der Waals surface area contributed by atoms with Gasteiger partial charge >= 0.3 is 7.60 Å². The van der Waals surface area contributed by atoms with Crippen molar-refractivity contribution in [1.82, 2.24) is 4.98 Å². The molecule has 1 aromatic heterocycles. The van der Waals surface area contributed by atoms with Crippen LogP contribution in [0, 0.1) is 0 Å². The summed E-state index contributed by atoms with van der Waals surface area (Å²) in [5, 5.41) is 2.10. The molecule has 0 bridgehead atoms. The second-order valence-corrected chi connectivity index (χ2v) is 6.38. The van der Waals surface area contributed by atoms with Crippen LogP contribution in [0.15, 0.2) is 11.6 Å². The number of aromatic nitrogens is 1. The third-order valence-electron chi connectivity index (χ3n) is 2.28. The zero-order valence-corrected chi connectivity index (χ0v) is 12.0. The fourth-order valence-electron chi connectivity index (χ4n) is 1.38. The summed E-state index contributed by atoms with van der Waals surface area (Å²) in [7, 11) is -3.31. The Morgan fingerprint density at radius 3 is 2.59 bits per heavy atom. The van der Waals surface area contributed by atoms with Crippen LogP contribution in [0.3, 0.4) is 0 Å². The van der Waals surface area contributed by atoms with E-state index >= 15 is 0 Å². The lowest BCUT2D eigenvalue weighted by atomic mass is 10.3. The molecule has 0 N–H and O–H groups in total. The highest BCUT2D eigenvalue weighted by Crippen LogP contribution is 2.55. The van der Waals surface area contributed by atoms with E-state index < -0.39 is 7.60 Å². The molecule has 0 radical (unpaired) electrons. The molecule has 7 heteroatoms. The van der Waals surface area contributed by atoms with Gasteiger partial charge in [0.1, 0.15) is 0 Å². The Labute approximate surface area is 106 Å². The quantitative estimate of drug-likeness (QED) is 0.410. The fourth-order valence-corrected chi connectivity index (χ4v) is 3.93. The molecular formula is C10H18NO4PS. The van der Waals surface area contributed by atoms with E-state index in [1.54, 1.807) is 18.5 Å². The smallest absolute Gasteiger partial charge is 0.395 e. The van der Waals surface area contributed by atoms with Crippen LogP contribution in [0.4, 0.5) is 0 Å². The number of thiazole rings is 1. The van der Waals surface area contributed by atoms with Crippen LogP contribution in [0.5, 0.6) is 5.19 Å². The van der Waals surface area contributed by atoms with Gasteiger partial charge in [-0.3, -0.25) is 0 Å². The Bertz CT molecular complexity index is 353. The zero-order chi connectivity index (χ0) is 12.7. The lowest BCUT2D eigenvalue weighted by Crippen LogP contribution is -2.13. The van der Waals surface area contributed by atoms with Crippen LogP contribution in [-0.4, -0.2) is 17.2 Å². The molecule has 0 aliphatic heterocycles. The van der Waals surface area contributed by atoms with Crippen molar-refractivity contribution in [2.24, 2.45) is 0 Å². The van der Waals surface area contributed by atoms with Crippen LogP contribution < -0.4 is 4.52 Å². The first-order valence-corrected chi connectivity index (χ1v) is 8.15. The van der Waals surface area contributed by atoms with Gasteiger partial charge in [0.05, 0.1) is 12.3 Å². The summed E-state index contributed by atoms with van der Waals surface area (Å²) in [4.78, 5) is 8.77. The molecule has 0 spiro atoms. The van der Waals surface area contributed by atoms with Crippen molar-refractivity contribution in [2.45, 2.75) is 39.3 Å². The summed E-state index contributed by atoms with van der Waals surface area (Å²) in [6.07, 6.45) is 3.00. The predicted octanol–water partition coefficient (Wildman–Crippen LogP) is 3.87. The van der Waals surface area contributed by atoms with Crippen molar-refractivity contribution in [3.8, 4) is 5.19 Å². The largest absolute Gasteiger partial charge is 0.410 e. The normalized spacial score (nSPS) is 14.8. The third kappa shape index (κ3) is 4.07. The molecule has 5 nitrogen and oxygen atoms in total. The van der Waals surface area contributed by atoms with E-state index in [2.05, 4.69) is 4.98 Å². The van der Waals surface area contributed by atoms with Gasteiger partial charge in [0, 0.05) is 11.6 Å². The average molecular weight is 279 g/mol. The average Bonchev–Trinajstić information content (AvgIpc) is 2.80. The van der Waals surface area contributed by atoms with E-state index in [0.717, 1.165) is 0 Å². The van der Waals surface area contributed by atoms with Gasteiger partial charge < -0.3 is 4.52 Å². The lowest BCUT2D eigenvalue weighted by molar-refractivity contribution is -0.208. The van der Waals surface area contributed by atoms with Crippen LogP contribution in [0.1, 0.15) is 33.6 Å². The molecular weight excluding hydrogens is 261 g/mol. The van der Waals surface area contributed by atoms with Crippen molar-refractivity contribution in [2.75, 3.05) is 6.61 Å². The van der Waals surface area contributed by atoms with Gasteiger partial charge in [0.25, 0.3) is 5.19 Å². The molecule has 1 rings (SSSR count). The second-order valence-electron chi connectivity index (χ2n) is 3.38. The predicted molar refractivity (Wildman–Crippen MR) is 67.4 cm³/mol. The Balaban J connectivity index is 2.80. The van der Waals surface area contributed by atoms with Gasteiger partial charge in [-0.25, -0.2) is 14.4 Å². The maximum Gasteiger partial charge on any atom is 0.410 e. The Hall–Kier alpha value is -0.420. The van der Waals surface area contributed by atoms with E-state index in [1.165, 1.54) is 11.3 Å². The summed E-state index contributed by atoms with van der Waals surface area (Å²) in [6.45, 7) is 5.98. The van der Waals surface area contributed by atoms with Crippen molar-refractivity contribution in [1.29, 1.82) is 0 Å². The highest BCUT2D eigenvalue weighted by atomic mass is 32.1. The molecule has 1 unspecified atom stereocenters. The summed E-state index contributed by atoms with van der Waals surface area (Å²) in [6, 6.07) is 0. The summed E-state index contributed by atoms with van der Waals surface area (Å²) in [5.74, 6) is 0. The standard InChI is InChI=1S/C10H18NO4PS/c1-4-9(5-2)16(12,15-13-6-3)14-10-11-7-8-17-10/h7-9H,4-6H2,1-3H3. The summed E-state index contributed by atoms with van der Waals surface area (Å²) in [5.41, 5.74) is -0.182. The van der Waals surface area contributed by atoms with Gasteiger partial charge in [0.2, 0.25) is 0 Å². The Kier molecular flexibility index (Phi) is 6.12. The van der Waals surface area contributed by atoms with Crippen molar-refractivity contribution in [3.63, 3.8) is 0 Å². The molecule has 0 saturated carbocycles. The van der Waals surface area contributed by atoms with Crippen LogP contribution >= 0.6 is 18.9 Å². The molecule has 1 aromatic rings. The molecule has 0 aliphatic rings. The number of rotatable bonds is 8. The maximum atomic E-state index is 12.6. The minimum absolute atomic E-state index is 0.182. The van der Waals surface area contributed by atoms with Gasteiger partial charge in [-0.15, -0.1) is 4.67 Å². The summed E-state index contributed by atoms with van der Waals surface area (Å²) < 4.78 is 23.0. The van der Waals surface area contributed by atoms with Crippen LogP contribution in [0.2, 0.25) is 0 Å². The monoisotopic (exact) mass is 279 g/mol. The molecule has 0 aliphatic carbocycles. The molecule has 1 atom stereocenters. The highest BCUT2D eigenvalue weighted by molar-refractivity contribution is 7.55.